The van der Waals surface area contributed by atoms with Crippen molar-refractivity contribution in [3.05, 3.63) is 363 Å². The van der Waals surface area contributed by atoms with Gasteiger partial charge in [0.05, 0.1) is 11.0 Å². The third kappa shape index (κ3) is 10.6. The standard InChI is InChI=1S/C99H65N7S2/c1-99(2)84-38-21-33-72(64-44-48-66(49-45-64)94-101-96(80-32-12-10-27-71(80)63-24-7-4-8-25-63)105-98(103-94)83-37-20-35-78-76-30-15-18-41-89(76)108-92(78)83)90(84)81-57-53-67(58-85(81)99)61-50-54-69(55-51-61)106-86-39-16-13-28-73(86)74-56-52-68(59-87(74)106)60-42-46-65(47-43-60)93-100-95(79-31-11-9-26-70(79)62-22-5-3-6-23-62)104-97(102-93)82-36-19-34-77-75-29-14-17-40-88(75)107-91(77)82/h3-59,81,85H,1-2H3. The largest absolute Gasteiger partial charge is 0.309 e. The Kier molecular flexibility index (Phi) is 15.0. The van der Waals surface area contributed by atoms with Crippen molar-refractivity contribution in [2.75, 3.05) is 0 Å². The summed E-state index contributed by atoms with van der Waals surface area (Å²) in [5.41, 5.74) is 23.2. The number of nitrogens with zero attached hydrogens (tertiary/aromatic N) is 7. The predicted molar refractivity (Wildman–Crippen MR) is 451 cm³/mol. The highest BCUT2D eigenvalue weighted by atomic mass is 32.1. The lowest BCUT2D eigenvalue weighted by atomic mass is 9.73. The van der Waals surface area contributed by atoms with E-state index in [1.807, 2.05) is 0 Å². The Hall–Kier alpha value is -13.2. The number of benzene rings is 14. The maximum atomic E-state index is 5.35. The van der Waals surface area contributed by atoms with Crippen molar-refractivity contribution in [2.45, 2.75) is 25.2 Å². The van der Waals surface area contributed by atoms with Crippen LogP contribution in [-0.4, -0.2) is 34.5 Å². The minimum atomic E-state index is -0.136. The number of para-hydroxylation sites is 1. The SMILES string of the molecule is CC1(C)c2cccc(-c3ccc(-c4nc(-c5ccccc5-c5ccccc5)nc(-c5cccc6c5sc5ccccc56)n4)cc3)c2C2C=CC(c3ccc(-n4c5ccccc5c5ccc(-c6ccc(-c7nc(-c8ccccc8-c8ccccc8)nc(-c8cccc9c8sc8ccccc89)n7)cc6)cc54)cc3)=CC21. The fraction of sp³-hybridized carbons (Fsp3) is 0.0505. The molecule has 0 spiro atoms. The van der Waals surface area contributed by atoms with Gasteiger partial charge in [0, 0.05) is 96.1 Å². The molecule has 7 nitrogen and oxygen atoms in total. The van der Waals surface area contributed by atoms with Gasteiger partial charge in [-0.15, -0.1) is 22.7 Å². The highest BCUT2D eigenvalue weighted by molar-refractivity contribution is 7.26. The number of fused-ring (bicyclic) bond motifs is 12. The molecule has 508 valence electrons. The van der Waals surface area contributed by atoms with Crippen LogP contribution in [0.25, 0.3) is 186 Å². The molecule has 2 atom stereocenters. The molecular formula is C99H65N7S2. The van der Waals surface area contributed by atoms with Crippen LogP contribution < -0.4 is 0 Å². The summed E-state index contributed by atoms with van der Waals surface area (Å²) < 4.78 is 7.22. The van der Waals surface area contributed by atoms with E-state index in [-0.39, 0.29) is 17.3 Å². The molecule has 9 heteroatoms. The molecule has 5 aromatic heterocycles. The second-order valence-electron chi connectivity index (χ2n) is 28.8. The zero-order valence-corrected chi connectivity index (χ0v) is 60.6. The van der Waals surface area contributed by atoms with E-state index in [4.69, 9.17) is 29.9 Å². The summed E-state index contributed by atoms with van der Waals surface area (Å²) in [6.07, 6.45) is 7.38. The van der Waals surface area contributed by atoms with Gasteiger partial charge >= 0.3 is 0 Å². The lowest BCUT2D eigenvalue weighted by Crippen LogP contribution is -2.25. The van der Waals surface area contributed by atoms with Gasteiger partial charge in [-0.2, -0.15) is 0 Å². The van der Waals surface area contributed by atoms with Crippen molar-refractivity contribution in [3.63, 3.8) is 0 Å². The smallest absolute Gasteiger partial charge is 0.165 e. The molecule has 5 heterocycles. The summed E-state index contributed by atoms with van der Waals surface area (Å²) in [4.78, 5) is 32.0. The van der Waals surface area contributed by atoms with Crippen molar-refractivity contribution in [2.24, 2.45) is 5.92 Å². The summed E-state index contributed by atoms with van der Waals surface area (Å²) in [6.45, 7) is 4.86. The molecule has 0 fully saturated rings. The van der Waals surface area contributed by atoms with Crippen LogP contribution in [0.1, 0.15) is 36.5 Å². The predicted octanol–water partition coefficient (Wildman–Crippen LogP) is 26.2. The summed E-state index contributed by atoms with van der Waals surface area (Å²) in [7, 11) is 0. The Bertz CT molecular complexity index is 6890. The highest BCUT2D eigenvalue weighted by Gasteiger charge is 2.46. The van der Waals surface area contributed by atoms with Gasteiger partial charge in [-0.05, 0) is 127 Å². The topological polar surface area (TPSA) is 82.3 Å². The first-order valence-electron chi connectivity index (χ1n) is 36.8. The molecule has 14 aromatic carbocycles. The van der Waals surface area contributed by atoms with E-state index in [0.29, 0.717) is 34.9 Å². The maximum Gasteiger partial charge on any atom is 0.165 e. The molecule has 0 saturated heterocycles. The lowest BCUT2D eigenvalue weighted by Gasteiger charge is -2.31. The minimum Gasteiger partial charge on any atom is -0.309 e. The molecule has 0 N–H and O–H groups in total. The van der Waals surface area contributed by atoms with E-state index in [1.54, 1.807) is 22.7 Å². The van der Waals surface area contributed by atoms with Gasteiger partial charge in [0.1, 0.15) is 0 Å². The van der Waals surface area contributed by atoms with Crippen LogP contribution >= 0.6 is 22.7 Å². The van der Waals surface area contributed by atoms with Gasteiger partial charge in [0.15, 0.2) is 34.9 Å². The molecule has 0 aliphatic heterocycles. The molecule has 0 bridgehead atoms. The van der Waals surface area contributed by atoms with E-state index in [1.165, 1.54) is 79.8 Å². The van der Waals surface area contributed by atoms with Crippen molar-refractivity contribution in [3.8, 4) is 119 Å². The van der Waals surface area contributed by atoms with Gasteiger partial charge in [-0.25, -0.2) is 29.9 Å². The highest BCUT2D eigenvalue weighted by Crippen LogP contribution is 2.57. The minimum absolute atomic E-state index is 0.136. The van der Waals surface area contributed by atoms with Gasteiger partial charge in [-0.1, -0.05) is 311 Å². The third-order valence-corrected chi connectivity index (χ3v) is 24.8. The first-order chi connectivity index (χ1) is 53.3. The molecule has 0 saturated carbocycles. The quantitative estimate of drug-likeness (QED) is 0.121. The fourth-order valence-electron chi connectivity index (χ4n) is 17.0. The van der Waals surface area contributed by atoms with Crippen LogP contribution in [0.2, 0.25) is 0 Å². The van der Waals surface area contributed by atoms with Crippen molar-refractivity contribution in [1.29, 1.82) is 0 Å². The average Bonchev–Trinajstić information content (AvgIpc) is 1.57. The summed E-state index contributed by atoms with van der Waals surface area (Å²) in [6, 6.07) is 117. The van der Waals surface area contributed by atoms with Crippen molar-refractivity contribution >= 4 is 90.4 Å². The van der Waals surface area contributed by atoms with Gasteiger partial charge < -0.3 is 4.57 Å². The number of hydrogen-bond acceptors (Lipinski definition) is 8. The summed E-state index contributed by atoms with van der Waals surface area (Å²) in [5, 5.41) is 7.30. The van der Waals surface area contributed by atoms with Crippen LogP contribution in [0.15, 0.2) is 346 Å². The fourth-order valence-corrected chi connectivity index (χ4v) is 19.4. The lowest BCUT2D eigenvalue weighted by molar-refractivity contribution is 0.395. The Morgan fingerprint density at radius 3 is 1.28 bits per heavy atom. The van der Waals surface area contributed by atoms with Crippen LogP contribution in [0, 0.1) is 5.92 Å². The van der Waals surface area contributed by atoms with Crippen LogP contribution in [0.3, 0.4) is 0 Å². The second kappa shape index (κ2) is 25.6. The maximum absolute atomic E-state index is 5.35. The molecule has 2 aliphatic rings. The Labute approximate surface area is 632 Å². The molecule has 108 heavy (non-hydrogen) atoms. The average molecular weight is 1420 g/mol. The number of rotatable bonds is 12. The molecule has 0 amide bonds. The normalized spacial score (nSPS) is 14.5. The Balaban J connectivity index is 0.585. The van der Waals surface area contributed by atoms with Crippen molar-refractivity contribution in [1.82, 2.24) is 34.5 Å². The van der Waals surface area contributed by atoms with Crippen LogP contribution in [-0.2, 0) is 5.41 Å². The first kappa shape index (κ1) is 63.3. The van der Waals surface area contributed by atoms with E-state index in [2.05, 4.69) is 364 Å². The molecule has 2 unspecified atom stereocenters. The zero-order chi connectivity index (χ0) is 71.6. The molecule has 19 aromatic rings. The van der Waals surface area contributed by atoms with Crippen molar-refractivity contribution < 1.29 is 0 Å². The van der Waals surface area contributed by atoms with E-state index in [9.17, 15) is 0 Å². The number of thiophene rings is 2. The van der Waals surface area contributed by atoms with Gasteiger partial charge in [-0.3, -0.25) is 0 Å². The first-order valence-corrected chi connectivity index (χ1v) is 38.4. The number of hydrogen-bond donors (Lipinski definition) is 0. The van der Waals surface area contributed by atoms with Gasteiger partial charge in [0.25, 0.3) is 0 Å². The van der Waals surface area contributed by atoms with Gasteiger partial charge in [0.2, 0.25) is 0 Å². The van der Waals surface area contributed by atoms with E-state index in [0.717, 1.165) is 88.2 Å². The molecule has 21 rings (SSSR count). The Morgan fingerprint density at radius 1 is 0.296 bits per heavy atom. The van der Waals surface area contributed by atoms with E-state index < -0.39 is 0 Å². The molecule has 2 aliphatic carbocycles. The summed E-state index contributed by atoms with van der Waals surface area (Å²) in [5.74, 6) is 4.25. The van der Waals surface area contributed by atoms with Crippen LogP contribution in [0.4, 0.5) is 0 Å². The Morgan fingerprint density at radius 2 is 0.704 bits per heavy atom. The molecular weight excluding hydrogens is 1350 g/mol. The molecule has 0 radical (unpaired) electrons. The zero-order valence-electron chi connectivity index (χ0n) is 59.0. The third-order valence-electron chi connectivity index (χ3n) is 22.3. The van der Waals surface area contributed by atoms with E-state index >= 15 is 0 Å². The monoisotopic (exact) mass is 1420 g/mol. The second-order valence-corrected chi connectivity index (χ2v) is 30.9. The number of aromatic nitrogens is 7. The van der Waals surface area contributed by atoms with Crippen LogP contribution in [0.5, 0.6) is 0 Å². The summed E-state index contributed by atoms with van der Waals surface area (Å²) >= 11 is 3.57. The number of allylic oxidation sites excluding steroid dienone is 4.